The van der Waals surface area contributed by atoms with Gasteiger partial charge in [0.1, 0.15) is 6.10 Å². The van der Waals surface area contributed by atoms with Crippen molar-refractivity contribution in [3.8, 4) is 0 Å². The lowest BCUT2D eigenvalue weighted by atomic mass is 10.3. The summed E-state index contributed by atoms with van der Waals surface area (Å²) in [7, 11) is -1.93. The summed E-state index contributed by atoms with van der Waals surface area (Å²) in [4.78, 5) is 10.5. The highest BCUT2D eigenvalue weighted by atomic mass is 31.2. The van der Waals surface area contributed by atoms with E-state index in [9.17, 15) is 9.36 Å². The Kier molecular flexibility index (Phi) is 2.38. The Balaban J connectivity index is 2.43. The lowest BCUT2D eigenvalue weighted by Crippen LogP contribution is -2.14. The van der Waals surface area contributed by atoms with E-state index < -0.39 is 7.14 Å². The van der Waals surface area contributed by atoms with E-state index in [1.54, 1.807) is 6.66 Å². The fourth-order valence-electron chi connectivity index (χ4n) is 1.36. The summed E-state index contributed by atoms with van der Waals surface area (Å²) in [6, 6.07) is 0. The molecule has 1 aliphatic rings. The fourth-order valence-corrected chi connectivity index (χ4v) is 3.50. The van der Waals surface area contributed by atoms with E-state index in [-0.39, 0.29) is 12.1 Å². The molecule has 3 nitrogen and oxygen atoms in total. The van der Waals surface area contributed by atoms with Crippen LogP contribution in [0.4, 0.5) is 0 Å². The zero-order chi connectivity index (χ0) is 8.48. The summed E-state index contributed by atoms with van der Waals surface area (Å²) in [5.74, 6) is -0.267. The molecule has 0 N–H and O–H groups in total. The summed E-state index contributed by atoms with van der Waals surface area (Å²) in [6.07, 6.45) is 1.99. The van der Waals surface area contributed by atoms with Crippen LogP contribution in [-0.2, 0) is 14.1 Å². The molecule has 0 aromatic heterocycles. The van der Waals surface area contributed by atoms with Gasteiger partial charge in [-0.05, 0) is 13.1 Å². The zero-order valence-electron chi connectivity index (χ0n) is 6.87. The molecule has 1 fully saturated rings. The van der Waals surface area contributed by atoms with Gasteiger partial charge in [0.2, 0.25) is 0 Å². The van der Waals surface area contributed by atoms with Gasteiger partial charge in [-0.25, -0.2) is 0 Å². The maximum Gasteiger partial charge on any atom is 0.302 e. The minimum atomic E-state index is -1.93. The largest absolute Gasteiger partial charge is 0.462 e. The second-order valence-electron chi connectivity index (χ2n) is 3.22. The van der Waals surface area contributed by atoms with Crippen molar-refractivity contribution in [2.24, 2.45) is 0 Å². The summed E-state index contributed by atoms with van der Waals surface area (Å²) < 4.78 is 16.4. The third kappa shape index (κ3) is 2.66. The molecule has 2 atom stereocenters. The standard InChI is InChI=1S/C7H13O3P/c1-6(8)10-7-3-4-11(2,9)5-7/h7H,3-5H2,1-2H3/t7-,11+/m0/s1. The molecule has 4 heteroatoms. The Labute approximate surface area is 66.5 Å². The molecular formula is C7H13O3P. The molecule has 1 heterocycles. The second kappa shape index (κ2) is 2.98. The Morgan fingerprint density at radius 2 is 2.27 bits per heavy atom. The highest BCUT2D eigenvalue weighted by molar-refractivity contribution is 7.63. The smallest absolute Gasteiger partial charge is 0.302 e. The van der Waals surface area contributed by atoms with Crippen LogP contribution in [0.5, 0.6) is 0 Å². The van der Waals surface area contributed by atoms with E-state index in [1.807, 2.05) is 0 Å². The van der Waals surface area contributed by atoms with Crippen LogP contribution in [0.25, 0.3) is 0 Å². The average molecular weight is 176 g/mol. The highest BCUT2D eigenvalue weighted by Gasteiger charge is 2.31. The van der Waals surface area contributed by atoms with E-state index >= 15 is 0 Å². The maximum absolute atomic E-state index is 11.4. The number of hydrogen-bond donors (Lipinski definition) is 0. The first kappa shape index (κ1) is 8.79. The molecule has 0 aliphatic carbocycles. The summed E-state index contributed by atoms with van der Waals surface area (Å²) in [6.45, 7) is 3.16. The van der Waals surface area contributed by atoms with Gasteiger partial charge in [-0.1, -0.05) is 0 Å². The third-order valence-corrected chi connectivity index (χ3v) is 4.23. The van der Waals surface area contributed by atoms with Crippen LogP contribution in [0, 0.1) is 0 Å². The highest BCUT2D eigenvalue weighted by Crippen LogP contribution is 2.48. The summed E-state index contributed by atoms with van der Waals surface area (Å²) >= 11 is 0. The van der Waals surface area contributed by atoms with Crippen molar-refractivity contribution in [1.82, 2.24) is 0 Å². The Bertz CT molecular complexity index is 212. The van der Waals surface area contributed by atoms with E-state index in [0.29, 0.717) is 6.16 Å². The number of carbonyl (C=O) groups is 1. The topological polar surface area (TPSA) is 43.4 Å². The van der Waals surface area contributed by atoms with Gasteiger partial charge >= 0.3 is 5.97 Å². The van der Waals surface area contributed by atoms with E-state index in [2.05, 4.69) is 0 Å². The third-order valence-electron chi connectivity index (χ3n) is 1.85. The minimum absolute atomic E-state index is 0.0802. The molecule has 64 valence electrons. The molecule has 0 saturated carbocycles. The van der Waals surface area contributed by atoms with Crippen LogP contribution in [0.2, 0.25) is 0 Å². The molecule has 11 heavy (non-hydrogen) atoms. The molecule has 0 spiro atoms. The molecule has 0 bridgehead atoms. The predicted molar refractivity (Wildman–Crippen MR) is 43.4 cm³/mol. The van der Waals surface area contributed by atoms with Gasteiger partial charge < -0.3 is 9.30 Å². The lowest BCUT2D eigenvalue weighted by molar-refractivity contribution is -0.145. The van der Waals surface area contributed by atoms with Crippen molar-refractivity contribution in [1.29, 1.82) is 0 Å². The number of rotatable bonds is 1. The van der Waals surface area contributed by atoms with Gasteiger partial charge in [-0.15, -0.1) is 0 Å². The predicted octanol–water partition coefficient (Wildman–Crippen LogP) is 1.31. The Morgan fingerprint density at radius 3 is 2.64 bits per heavy atom. The molecule has 0 aromatic rings. The molecular weight excluding hydrogens is 163 g/mol. The lowest BCUT2D eigenvalue weighted by Gasteiger charge is -2.08. The maximum atomic E-state index is 11.4. The molecule has 0 aromatic carbocycles. The molecule has 1 aliphatic heterocycles. The molecule has 0 unspecified atom stereocenters. The van der Waals surface area contributed by atoms with Gasteiger partial charge in [0.25, 0.3) is 0 Å². The zero-order valence-corrected chi connectivity index (χ0v) is 7.77. The molecule has 0 radical (unpaired) electrons. The van der Waals surface area contributed by atoms with Crippen molar-refractivity contribution in [3.63, 3.8) is 0 Å². The Morgan fingerprint density at radius 1 is 1.64 bits per heavy atom. The minimum Gasteiger partial charge on any atom is -0.462 e. The average Bonchev–Trinajstić information content (AvgIpc) is 2.08. The van der Waals surface area contributed by atoms with E-state index in [1.165, 1.54) is 6.92 Å². The molecule has 1 rings (SSSR count). The normalized spacial score (nSPS) is 37.1. The van der Waals surface area contributed by atoms with Gasteiger partial charge in [0.15, 0.2) is 0 Å². The fraction of sp³-hybridized carbons (Fsp3) is 0.857. The first-order valence-corrected chi connectivity index (χ1v) is 6.25. The van der Waals surface area contributed by atoms with Crippen LogP contribution in [-0.4, -0.2) is 31.1 Å². The molecule has 0 amide bonds. The van der Waals surface area contributed by atoms with Gasteiger partial charge in [-0.3, -0.25) is 4.79 Å². The van der Waals surface area contributed by atoms with Crippen LogP contribution in [0.1, 0.15) is 13.3 Å². The van der Waals surface area contributed by atoms with Crippen molar-refractivity contribution in [2.45, 2.75) is 19.4 Å². The monoisotopic (exact) mass is 176 g/mol. The number of hydrogen-bond acceptors (Lipinski definition) is 3. The van der Waals surface area contributed by atoms with Crippen LogP contribution < -0.4 is 0 Å². The number of carbonyl (C=O) groups excluding carboxylic acids is 1. The van der Waals surface area contributed by atoms with Crippen molar-refractivity contribution < 1.29 is 14.1 Å². The second-order valence-corrected chi connectivity index (χ2v) is 6.63. The van der Waals surface area contributed by atoms with Crippen molar-refractivity contribution in [3.05, 3.63) is 0 Å². The van der Waals surface area contributed by atoms with Crippen molar-refractivity contribution in [2.75, 3.05) is 19.0 Å². The van der Waals surface area contributed by atoms with Crippen LogP contribution in [0.3, 0.4) is 0 Å². The van der Waals surface area contributed by atoms with Gasteiger partial charge in [0.05, 0.1) is 7.14 Å². The first-order chi connectivity index (χ1) is 4.99. The first-order valence-electron chi connectivity index (χ1n) is 3.72. The number of ether oxygens (including phenoxy) is 1. The van der Waals surface area contributed by atoms with Crippen molar-refractivity contribution >= 4 is 13.1 Å². The van der Waals surface area contributed by atoms with Gasteiger partial charge in [0, 0.05) is 19.2 Å². The van der Waals surface area contributed by atoms with Gasteiger partial charge in [-0.2, -0.15) is 0 Å². The Hall–Kier alpha value is -0.300. The quantitative estimate of drug-likeness (QED) is 0.447. The van der Waals surface area contributed by atoms with Crippen LogP contribution >= 0.6 is 7.14 Å². The summed E-state index contributed by atoms with van der Waals surface area (Å²) in [5.41, 5.74) is 0. The number of esters is 1. The molecule has 1 saturated heterocycles. The van der Waals surface area contributed by atoms with E-state index in [0.717, 1.165) is 12.6 Å². The SMILES string of the molecule is CC(=O)O[C@H]1CC[P@@](C)(=O)C1. The van der Waals surface area contributed by atoms with Crippen LogP contribution in [0.15, 0.2) is 0 Å². The summed E-state index contributed by atoms with van der Waals surface area (Å²) in [5, 5.41) is 0. The van der Waals surface area contributed by atoms with E-state index in [4.69, 9.17) is 4.74 Å².